The third kappa shape index (κ3) is 2.79. The molecule has 2 aliphatic rings. The summed E-state index contributed by atoms with van der Waals surface area (Å²) in [5, 5.41) is 3.57. The second-order valence-electron chi connectivity index (χ2n) is 5.98. The lowest BCUT2D eigenvalue weighted by molar-refractivity contribution is 0.156. The number of rotatable bonds is 4. The molecule has 104 valence electrons. The number of hydrogen-bond donors (Lipinski definition) is 1. The molecule has 2 heteroatoms. The number of nitrogens with zero attached hydrogens (tertiary/aromatic N) is 1. The summed E-state index contributed by atoms with van der Waals surface area (Å²) in [5.41, 5.74) is 4.44. The molecule has 0 aromatic heterocycles. The van der Waals surface area contributed by atoms with E-state index in [1.54, 1.807) is 0 Å². The monoisotopic (exact) mass is 258 g/mol. The zero-order valence-electron chi connectivity index (χ0n) is 12.1. The van der Waals surface area contributed by atoms with E-state index >= 15 is 0 Å². The highest BCUT2D eigenvalue weighted by Gasteiger charge is 2.22. The molecule has 0 unspecified atom stereocenters. The first-order chi connectivity index (χ1) is 9.38. The fraction of sp³-hybridized carbons (Fsp3) is 0.647. The molecule has 1 aliphatic carbocycles. The maximum Gasteiger partial charge on any atom is 0.0419 e. The highest BCUT2D eigenvalue weighted by atomic mass is 15.1. The van der Waals surface area contributed by atoms with Crippen LogP contribution < -0.4 is 5.32 Å². The minimum absolute atomic E-state index is 0.816. The molecule has 1 aromatic rings. The SMILES string of the molecule is CCN(Cc1cccc2c1NCC2)C1CCCCC1. The maximum absolute atomic E-state index is 3.57. The lowest BCUT2D eigenvalue weighted by Crippen LogP contribution is -2.36. The van der Waals surface area contributed by atoms with Crippen molar-refractivity contribution in [2.75, 3.05) is 18.4 Å². The lowest BCUT2D eigenvalue weighted by Gasteiger charge is -2.34. The molecule has 0 atom stereocenters. The van der Waals surface area contributed by atoms with E-state index in [2.05, 4.69) is 35.3 Å². The van der Waals surface area contributed by atoms with Crippen LogP contribution in [0.25, 0.3) is 0 Å². The van der Waals surface area contributed by atoms with E-state index < -0.39 is 0 Å². The molecule has 1 fully saturated rings. The van der Waals surface area contributed by atoms with Crippen LogP contribution in [0, 0.1) is 0 Å². The van der Waals surface area contributed by atoms with Crippen molar-refractivity contribution in [3.63, 3.8) is 0 Å². The van der Waals surface area contributed by atoms with Crippen molar-refractivity contribution >= 4 is 5.69 Å². The summed E-state index contributed by atoms with van der Waals surface area (Å²) in [5.74, 6) is 0. The van der Waals surface area contributed by atoms with Gasteiger partial charge in [0.15, 0.2) is 0 Å². The number of anilines is 1. The van der Waals surface area contributed by atoms with Gasteiger partial charge in [-0.15, -0.1) is 0 Å². The van der Waals surface area contributed by atoms with Gasteiger partial charge in [0.05, 0.1) is 0 Å². The summed E-state index contributed by atoms with van der Waals surface area (Å²) >= 11 is 0. The minimum atomic E-state index is 0.816. The third-order valence-electron chi connectivity index (χ3n) is 4.80. The van der Waals surface area contributed by atoms with Gasteiger partial charge < -0.3 is 5.32 Å². The molecule has 3 rings (SSSR count). The van der Waals surface area contributed by atoms with E-state index in [0.717, 1.165) is 19.1 Å². The standard InChI is InChI=1S/C17H26N2/c1-2-19(16-9-4-3-5-10-16)13-15-8-6-7-14-11-12-18-17(14)15/h6-8,16,18H,2-5,9-13H2,1H3. The number of para-hydroxylation sites is 1. The molecule has 1 N–H and O–H groups in total. The summed E-state index contributed by atoms with van der Waals surface area (Å²) in [6.07, 6.45) is 8.28. The van der Waals surface area contributed by atoms with E-state index in [4.69, 9.17) is 0 Å². The summed E-state index contributed by atoms with van der Waals surface area (Å²) in [6, 6.07) is 7.63. The van der Waals surface area contributed by atoms with Gasteiger partial charge in [0.25, 0.3) is 0 Å². The summed E-state index contributed by atoms with van der Waals surface area (Å²) < 4.78 is 0. The smallest absolute Gasteiger partial charge is 0.0419 e. The van der Waals surface area contributed by atoms with Gasteiger partial charge in [0, 0.05) is 24.8 Å². The van der Waals surface area contributed by atoms with E-state index in [1.807, 2.05) is 0 Å². The Balaban J connectivity index is 1.74. The van der Waals surface area contributed by atoms with Crippen molar-refractivity contribution in [1.82, 2.24) is 4.90 Å². The number of benzene rings is 1. The number of nitrogens with one attached hydrogen (secondary N) is 1. The van der Waals surface area contributed by atoms with Gasteiger partial charge in [-0.05, 0) is 36.9 Å². The summed E-state index contributed by atoms with van der Waals surface area (Å²) in [7, 11) is 0. The van der Waals surface area contributed by atoms with Gasteiger partial charge >= 0.3 is 0 Å². The Hall–Kier alpha value is -1.02. The maximum atomic E-state index is 3.57. The first-order valence-electron chi connectivity index (χ1n) is 7.97. The molecule has 0 bridgehead atoms. The van der Waals surface area contributed by atoms with Gasteiger partial charge in [0.2, 0.25) is 0 Å². The Morgan fingerprint density at radius 3 is 2.84 bits per heavy atom. The highest BCUT2D eigenvalue weighted by Crippen LogP contribution is 2.29. The van der Waals surface area contributed by atoms with Crippen molar-refractivity contribution in [1.29, 1.82) is 0 Å². The van der Waals surface area contributed by atoms with Crippen LogP contribution >= 0.6 is 0 Å². The Kier molecular flexibility index (Phi) is 4.07. The quantitative estimate of drug-likeness (QED) is 0.883. The first kappa shape index (κ1) is 13.0. The molecular formula is C17H26N2. The molecule has 1 aromatic carbocycles. The van der Waals surface area contributed by atoms with Crippen molar-refractivity contribution in [2.24, 2.45) is 0 Å². The zero-order chi connectivity index (χ0) is 13.1. The Morgan fingerprint density at radius 2 is 2.05 bits per heavy atom. The lowest BCUT2D eigenvalue weighted by atomic mass is 9.93. The van der Waals surface area contributed by atoms with E-state index in [1.165, 1.54) is 61.9 Å². The van der Waals surface area contributed by atoms with Crippen molar-refractivity contribution < 1.29 is 0 Å². The van der Waals surface area contributed by atoms with Crippen LogP contribution in [0.5, 0.6) is 0 Å². The van der Waals surface area contributed by atoms with Gasteiger partial charge in [-0.2, -0.15) is 0 Å². The molecule has 1 aliphatic heterocycles. The van der Waals surface area contributed by atoms with Gasteiger partial charge in [-0.3, -0.25) is 4.90 Å². The van der Waals surface area contributed by atoms with Gasteiger partial charge in [0.1, 0.15) is 0 Å². The van der Waals surface area contributed by atoms with Gasteiger partial charge in [-0.25, -0.2) is 0 Å². The van der Waals surface area contributed by atoms with Crippen LogP contribution in [0.3, 0.4) is 0 Å². The minimum Gasteiger partial charge on any atom is -0.384 e. The predicted octanol–water partition coefficient (Wildman–Crippen LogP) is 3.81. The molecule has 0 saturated heterocycles. The van der Waals surface area contributed by atoms with Crippen LogP contribution in [0.1, 0.15) is 50.2 Å². The topological polar surface area (TPSA) is 15.3 Å². The molecule has 0 radical (unpaired) electrons. The largest absolute Gasteiger partial charge is 0.384 e. The van der Waals surface area contributed by atoms with E-state index in [-0.39, 0.29) is 0 Å². The second kappa shape index (κ2) is 5.96. The number of hydrogen-bond acceptors (Lipinski definition) is 2. The van der Waals surface area contributed by atoms with Crippen LogP contribution in [-0.4, -0.2) is 24.0 Å². The molecule has 1 saturated carbocycles. The summed E-state index contributed by atoms with van der Waals surface area (Å²) in [4.78, 5) is 2.69. The molecular weight excluding hydrogens is 232 g/mol. The second-order valence-corrected chi connectivity index (χ2v) is 5.98. The van der Waals surface area contributed by atoms with Crippen LogP contribution in [0.2, 0.25) is 0 Å². The molecule has 1 heterocycles. The normalized spacial score (nSPS) is 19.5. The van der Waals surface area contributed by atoms with Crippen LogP contribution in [0.4, 0.5) is 5.69 Å². The van der Waals surface area contributed by atoms with E-state index in [9.17, 15) is 0 Å². The molecule has 2 nitrogen and oxygen atoms in total. The number of fused-ring (bicyclic) bond motifs is 1. The predicted molar refractivity (Wildman–Crippen MR) is 81.6 cm³/mol. The first-order valence-corrected chi connectivity index (χ1v) is 7.97. The van der Waals surface area contributed by atoms with Crippen molar-refractivity contribution in [3.05, 3.63) is 29.3 Å². The average molecular weight is 258 g/mol. The zero-order valence-corrected chi connectivity index (χ0v) is 12.1. The Labute approximate surface area is 117 Å². The highest BCUT2D eigenvalue weighted by molar-refractivity contribution is 5.61. The molecule has 0 amide bonds. The average Bonchev–Trinajstić information content (AvgIpc) is 2.95. The van der Waals surface area contributed by atoms with Crippen LogP contribution in [-0.2, 0) is 13.0 Å². The van der Waals surface area contributed by atoms with Crippen molar-refractivity contribution in [3.8, 4) is 0 Å². The molecule has 19 heavy (non-hydrogen) atoms. The van der Waals surface area contributed by atoms with Crippen molar-refractivity contribution in [2.45, 2.75) is 58.0 Å². The Bertz CT molecular complexity index is 421. The summed E-state index contributed by atoms with van der Waals surface area (Å²) in [6.45, 7) is 5.72. The van der Waals surface area contributed by atoms with Gasteiger partial charge in [-0.1, -0.05) is 44.4 Å². The fourth-order valence-corrected chi connectivity index (χ4v) is 3.71. The fourth-order valence-electron chi connectivity index (χ4n) is 3.71. The van der Waals surface area contributed by atoms with E-state index in [0.29, 0.717) is 0 Å². The Morgan fingerprint density at radius 1 is 1.21 bits per heavy atom. The third-order valence-corrected chi connectivity index (χ3v) is 4.80. The van der Waals surface area contributed by atoms with Crippen LogP contribution in [0.15, 0.2) is 18.2 Å². The molecule has 0 spiro atoms.